The molecule has 2 aliphatic rings. The third kappa shape index (κ3) is 4.21. The van der Waals surface area contributed by atoms with Crippen LogP contribution in [0.1, 0.15) is 25.2 Å². The molecular weight excluding hydrogens is 460 g/mol. The van der Waals surface area contributed by atoms with Crippen LogP contribution in [0.3, 0.4) is 0 Å². The van der Waals surface area contributed by atoms with Gasteiger partial charge in [0.25, 0.3) is 11.5 Å². The number of furan rings is 1. The highest BCUT2D eigenvalue weighted by molar-refractivity contribution is 8.26. The maximum Gasteiger partial charge on any atom is 0.267 e. The second-order valence-corrected chi connectivity index (χ2v) is 9.77. The first-order valence-electron chi connectivity index (χ1n) is 10.6. The van der Waals surface area contributed by atoms with Gasteiger partial charge < -0.3 is 14.1 Å². The molecule has 5 heterocycles. The lowest BCUT2D eigenvalue weighted by molar-refractivity contribution is -0.122. The number of carbonyl (C=O) groups is 1. The van der Waals surface area contributed by atoms with Crippen LogP contribution in [0.15, 0.2) is 56.9 Å². The number of fused-ring (bicyclic) bond motifs is 1. The van der Waals surface area contributed by atoms with E-state index in [0.717, 1.165) is 0 Å². The van der Waals surface area contributed by atoms with Gasteiger partial charge in [-0.25, -0.2) is 4.98 Å². The summed E-state index contributed by atoms with van der Waals surface area (Å²) in [4.78, 5) is 35.4. The molecule has 10 heteroatoms. The monoisotopic (exact) mass is 482 g/mol. The van der Waals surface area contributed by atoms with Gasteiger partial charge >= 0.3 is 0 Å². The Morgan fingerprint density at radius 2 is 1.97 bits per heavy atom. The highest BCUT2D eigenvalue weighted by Crippen LogP contribution is 2.34. The Hall–Kier alpha value is -2.95. The summed E-state index contributed by atoms with van der Waals surface area (Å²) in [5.41, 5.74) is 0.670. The van der Waals surface area contributed by atoms with Gasteiger partial charge in [-0.2, -0.15) is 0 Å². The summed E-state index contributed by atoms with van der Waals surface area (Å²) >= 11 is 6.62. The van der Waals surface area contributed by atoms with E-state index in [9.17, 15) is 9.59 Å². The molecule has 170 valence electrons. The van der Waals surface area contributed by atoms with Crippen LogP contribution in [-0.2, 0) is 16.1 Å². The molecule has 2 atom stereocenters. The SMILES string of the molecule is CC1CN(c2nc3ccccn3c(=O)c2/C=C2/SC(=S)N(Cc3ccco3)C2=O)CC(C)O1. The van der Waals surface area contributed by atoms with Gasteiger partial charge in [0.05, 0.1) is 35.5 Å². The average Bonchev–Trinajstić information content (AvgIpc) is 3.39. The molecule has 2 unspecified atom stereocenters. The van der Waals surface area contributed by atoms with Gasteiger partial charge in [0.2, 0.25) is 0 Å². The molecule has 3 aromatic rings. The van der Waals surface area contributed by atoms with Gasteiger partial charge in [-0.1, -0.05) is 30.0 Å². The number of rotatable bonds is 4. The quantitative estimate of drug-likeness (QED) is 0.414. The van der Waals surface area contributed by atoms with E-state index < -0.39 is 0 Å². The number of thiocarbonyl (C=S) groups is 1. The highest BCUT2D eigenvalue weighted by atomic mass is 32.2. The van der Waals surface area contributed by atoms with Gasteiger partial charge in [-0.3, -0.25) is 18.9 Å². The number of hydrogen-bond acceptors (Lipinski definition) is 8. The fraction of sp³-hybridized carbons (Fsp3) is 0.304. The molecule has 2 aliphatic heterocycles. The molecule has 0 aromatic carbocycles. The Morgan fingerprint density at radius 3 is 2.70 bits per heavy atom. The average molecular weight is 483 g/mol. The maximum absolute atomic E-state index is 13.5. The zero-order valence-corrected chi connectivity index (χ0v) is 19.8. The molecule has 2 saturated heterocycles. The molecule has 0 spiro atoms. The van der Waals surface area contributed by atoms with E-state index in [1.54, 1.807) is 42.8 Å². The van der Waals surface area contributed by atoms with Crippen molar-refractivity contribution in [2.24, 2.45) is 0 Å². The van der Waals surface area contributed by atoms with Crippen molar-refractivity contribution in [2.75, 3.05) is 18.0 Å². The van der Waals surface area contributed by atoms with Gasteiger partial charge in [0, 0.05) is 19.3 Å². The Bertz CT molecular complexity index is 1310. The fourth-order valence-corrected chi connectivity index (χ4v) is 5.37. The van der Waals surface area contributed by atoms with Crippen LogP contribution < -0.4 is 10.5 Å². The summed E-state index contributed by atoms with van der Waals surface area (Å²) < 4.78 is 13.1. The highest BCUT2D eigenvalue weighted by Gasteiger charge is 2.34. The molecule has 3 aromatic heterocycles. The lowest BCUT2D eigenvalue weighted by Crippen LogP contribution is -2.46. The molecule has 8 nitrogen and oxygen atoms in total. The van der Waals surface area contributed by atoms with Gasteiger partial charge in [-0.05, 0) is 44.2 Å². The summed E-state index contributed by atoms with van der Waals surface area (Å²) in [5.74, 6) is 0.926. The van der Waals surface area contributed by atoms with Crippen molar-refractivity contribution in [3.05, 3.63) is 69.4 Å². The van der Waals surface area contributed by atoms with E-state index >= 15 is 0 Å². The molecule has 0 bridgehead atoms. The van der Waals surface area contributed by atoms with Crippen molar-refractivity contribution in [3.8, 4) is 0 Å². The first-order valence-corrected chi connectivity index (χ1v) is 11.8. The Morgan fingerprint density at radius 1 is 1.18 bits per heavy atom. The molecule has 0 radical (unpaired) electrons. The smallest absolute Gasteiger partial charge is 0.267 e. The van der Waals surface area contributed by atoms with Crippen LogP contribution in [0.5, 0.6) is 0 Å². The summed E-state index contributed by atoms with van der Waals surface area (Å²) in [5, 5.41) is 0. The molecule has 1 amide bonds. The van der Waals surface area contributed by atoms with Crippen molar-refractivity contribution in [3.63, 3.8) is 0 Å². The predicted molar refractivity (Wildman–Crippen MR) is 131 cm³/mol. The van der Waals surface area contributed by atoms with E-state index in [4.69, 9.17) is 26.4 Å². The third-order valence-electron chi connectivity index (χ3n) is 5.51. The summed E-state index contributed by atoms with van der Waals surface area (Å²) in [6.07, 6.45) is 4.84. The number of nitrogens with zero attached hydrogens (tertiary/aromatic N) is 4. The number of morpholine rings is 1. The van der Waals surface area contributed by atoms with Crippen molar-refractivity contribution >= 4 is 51.7 Å². The molecule has 0 saturated carbocycles. The van der Waals surface area contributed by atoms with Crippen LogP contribution in [0.25, 0.3) is 11.7 Å². The number of aromatic nitrogens is 2. The van der Waals surface area contributed by atoms with E-state index in [0.29, 0.717) is 45.1 Å². The minimum absolute atomic E-state index is 0.0101. The number of amides is 1. The standard InChI is InChI=1S/C23H22N4O4S2/c1-14-11-25(12-15(2)31-14)20-17(21(28)26-8-4-3-7-19(26)24-20)10-18-22(29)27(23(32)33-18)13-16-6-5-9-30-16/h3-10,14-15H,11-13H2,1-2H3/b18-10+. The van der Waals surface area contributed by atoms with Gasteiger partial charge in [-0.15, -0.1) is 0 Å². The number of anilines is 1. The Labute approximate surface area is 199 Å². The normalized spacial score (nSPS) is 22.7. The van der Waals surface area contributed by atoms with Crippen LogP contribution >= 0.6 is 24.0 Å². The largest absolute Gasteiger partial charge is 0.467 e. The lowest BCUT2D eigenvalue weighted by atomic mass is 10.2. The number of hydrogen-bond donors (Lipinski definition) is 0. The van der Waals surface area contributed by atoms with E-state index in [1.165, 1.54) is 21.1 Å². The number of thioether (sulfide) groups is 1. The van der Waals surface area contributed by atoms with Crippen molar-refractivity contribution in [1.29, 1.82) is 0 Å². The van der Waals surface area contributed by atoms with Crippen molar-refractivity contribution in [1.82, 2.24) is 14.3 Å². The Kier molecular flexibility index (Phi) is 5.81. The first kappa shape index (κ1) is 21.9. The van der Waals surface area contributed by atoms with Crippen LogP contribution in [-0.4, -0.2) is 49.8 Å². The molecule has 0 aliphatic carbocycles. The number of carbonyl (C=O) groups excluding carboxylic acids is 1. The number of ether oxygens (including phenoxy) is 1. The molecule has 5 rings (SSSR count). The molecule has 2 fully saturated rings. The summed E-state index contributed by atoms with van der Waals surface area (Å²) in [6.45, 7) is 5.43. The zero-order chi connectivity index (χ0) is 23.1. The number of pyridine rings is 1. The Balaban J connectivity index is 1.59. The van der Waals surface area contributed by atoms with Crippen molar-refractivity contribution < 1.29 is 13.9 Å². The van der Waals surface area contributed by atoms with E-state index in [2.05, 4.69) is 4.90 Å². The summed E-state index contributed by atoms with van der Waals surface area (Å²) in [6, 6.07) is 8.98. The van der Waals surface area contributed by atoms with E-state index in [1.807, 2.05) is 19.9 Å². The minimum Gasteiger partial charge on any atom is -0.467 e. The molecule has 0 N–H and O–H groups in total. The second-order valence-electron chi connectivity index (χ2n) is 8.09. The predicted octanol–water partition coefficient (Wildman–Crippen LogP) is 3.30. The summed E-state index contributed by atoms with van der Waals surface area (Å²) in [7, 11) is 0. The third-order valence-corrected chi connectivity index (χ3v) is 6.89. The van der Waals surface area contributed by atoms with Gasteiger partial charge in [0.1, 0.15) is 21.5 Å². The molecule has 33 heavy (non-hydrogen) atoms. The van der Waals surface area contributed by atoms with Crippen molar-refractivity contribution in [2.45, 2.75) is 32.6 Å². The zero-order valence-electron chi connectivity index (χ0n) is 18.1. The minimum atomic E-state index is -0.256. The first-order chi connectivity index (χ1) is 15.9. The molecular formula is C23H22N4O4S2. The maximum atomic E-state index is 13.5. The van der Waals surface area contributed by atoms with Crippen LogP contribution in [0.2, 0.25) is 0 Å². The van der Waals surface area contributed by atoms with E-state index in [-0.39, 0.29) is 30.2 Å². The topological polar surface area (TPSA) is 80.3 Å². The van der Waals surface area contributed by atoms with Gasteiger partial charge in [0.15, 0.2) is 0 Å². The van der Waals surface area contributed by atoms with Crippen LogP contribution in [0.4, 0.5) is 5.82 Å². The lowest BCUT2D eigenvalue weighted by Gasteiger charge is -2.36. The fourth-order valence-electron chi connectivity index (χ4n) is 4.14. The second kappa shape index (κ2) is 8.77. The van der Waals surface area contributed by atoms with Crippen LogP contribution in [0, 0.1) is 0 Å².